The lowest BCUT2D eigenvalue weighted by Gasteiger charge is -2.27. The van der Waals surface area contributed by atoms with Gasteiger partial charge in [-0.05, 0) is 88.1 Å². The van der Waals surface area contributed by atoms with E-state index in [0.717, 1.165) is 25.0 Å². The predicted molar refractivity (Wildman–Crippen MR) is 142 cm³/mol. The van der Waals surface area contributed by atoms with E-state index in [4.69, 9.17) is 15.2 Å². The van der Waals surface area contributed by atoms with E-state index < -0.39 is 22.9 Å². The van der Waals surface area contributed by atoms with E-state index in [1.54, 1.807) is 51.1 Å². The molecule has 39 heavy (non-hydrogen) atoms. The number of Topliss-reactive ketones (excluding diaryl/α,β-unsaturated/α-hetero) is 1. The highest BCUT2D eigenvalue weighted by atomic mass is 19.4. The summed E-state index contributed by atoms with van der Waals surface area (Å²) in [6.45, 7) is 5.12. The van der Waals surface area contributed by atoms with Crippen LogP contribution < -0.4 is 15.2 Å². The second kappa shape index (κ2) is 10.6. The molecule has 0 spiro atoms. The highest BCUT2D eigenvalue weighted by Gasteiger charge is 2.31. The number of benzene rings is 2. The number of methoxy groups -OCH3 is 1. The molecule has 0 aliphatic heterocycles. The number of hydrogen-bond acceptors (Lipinski definition) is 6. The van der Waals surface area contributed by atoms with Gasteiger partial charge in [-0.15, -0.1) is 0 Å². The third-order valence-corrected chi connectivity index (χ3v) is 6.77. The van der Waals surface area contributed by atoms with Crippen LogP contribution in [0.4, 0.5) is 13.2 Å². The van der Waals surface area contributed by atoms with Crippen LogP contribution in [0.1, 0.15) is 73.6 Å². The first-order valence-corrected chi connectivity index (χ1v) is 12.8. The summed E-state index contributed by atoms with van der Waals surface area (Å²) in [5, 5.41) is 11.4. The quantitative estimate of drug-likeness (QED) is 0.289. The average Bonchev–Trinajstić information content (AvgIpc) is 3.70. The zero-order chi connectivity index (χ0) is 28.6. The molecule has 1 unspecified atom stereocenters. The number of alkyl halides is 3. The molecule has 208 valence electrons. The second-order valence-corrected chi connectivity index (χ2v) is 10.8. The minimum atomic E-state index is -4.46. The topological polar surface area (TPSA) is 94.7 Å². The van der Waals surface area contributed by atoms with Crippen molar-refractivity contribution in [2.75, 3.05) is 7.11 Å². The standard InChI is InChI=1S/C30H33F3N2O4/c1-28(2,34)21-16-23(18-5-8-20(9-6-18)30(31,32)33)35-27(17-21)29(3,37)14-13-24(36)19-7-12-25(26(15-19)38-4)39-22-10-11-22/h5-9,12,15-17,22,37H,10-11,13-14,34H2,1-4H3. The fourth-order valence-electron chi connectivity index (χ4n) is 4.09. The first kappa shape index (κ1) is 28.6. The Hall–Kier alpha value is -3.43. The molecule has 9 heteroatoms. The minimum Gasteiger partial charge on any atom is -0.493 e. The second-order valence-electron chi connectivity index (χ2n) is 10.8. The molecule has 1 aliphatic rings. The maximum atomic E-state index is 13.0. The van der Waals surface area contributed by atoms with Gasteiger partial charge in [-0.3, -0.25) is 4.79 Å². The number of ketones is 1. The van der Waals surface area contributed by atoms with E-state index in [1.165, 1.54) is 19.2 Å². The highest BCUT2D eigenvalue weighted by molar-refractivity contribution is 5.96. The fourth-order valence-corrected chi connectivity index (χ4v) is 4.09. The van der Waals surface area contributed by atoms with E-state index in [9.17, 15) is 23.1 Å². The molecule has 3 aromatic rings. The maximum absolute atomic E-state index is 13.0. The van der Waals surface area contributed by atoms with Crippen molar-refractivity contribution in [1.29, 1.82) is 0 Å². The Balaban J connectivity index is 1.57. The number of pyridine rings is 1. The SMILES string of the molecule is COc1cc(C(=O)CCC(C)(O)c2cc(C(C)(C)N)cc(-c3ccc(C(F)(F)F)cc3)n2)ccc1OC1CC1. The molecule has 1 heterocycles. The molecule has 6 nitrogen and oxygen atoms in total. The van der Waals surface area contributed by atoms with Crippen molar-refractivity contribution in [1.82, 2.24) is 4.98 Å². The Morgan fingerprint density at radius 2 is 1.67 bits per heavy atom. The van der Waals surface area contributed by atoms with Gasteiger partial charge < -0.3 is 20.3 Å². The van der Waals surface area contributed by atoms with Crippen molar-refractivity contribution in [3.63, 3.8) is 0 Å². The van der Waals surface area contributed by atoms with Crippen molar-refractivity contribution in [3.05, 3.63) is 77.0 Å². The molecule has 0 bridgehead atoms. The van der Waals surface area contributed by atoms with Crippen LogP contribution in [0.5, 0.6) is 11.5 Å². The molecule has 3 N–H and O–H groups in total. The summed E-state index contributed by atoms with van der Waals surface area (Å²) < 4.78 is 50.3. The number of hydrogen-bond donors (Lipinski definition) is 2. The van der Waals surface area contributed by atoms with Crippen LogP contribution in [0.25, 0.3) is 11.3 Å². The van der Waals surface area contributed by atoms with Gasteiger partial charge in [-0.2, -0.15) is 13.2 Å². The van der Waals surface area contributed by atoms with Gasteiger partial charge in [0.15, 0.2) is 17.3 Å². The summed E-state index contributed by atoms with van der Waals surface area (Å²) >= 11 is 0. The summed E-state index contributed by atoms with van der Waals surface area (Å²) in [6.07, 6.45) is -2.20. The number of nitrogens with two attached hydrogens (primary N) is 1. The third kappa shape index (κ3) is 6.96. The van der Waals surface area contributed by atoms with Crippen LogP contribution in [0.15, 0.2) is 54.6 Å². The Bertz CT molecular complexity index is 1340. The minimum absolute atomic E-state index is 0.0204. The molecule has 1 aliphatic carbocycles. The van der Waals surface area contributed by atoms with Gasteiger partial charge in [0.25, 0.3) is 0 Å². The van der Waals surface area contributed by atoms with E-state index >= 15 is 0 Å². The zero-order valence-electron chi connectivity index (χ0n) is 22.4. The predicted octanol–water partition coefficient (Wildman–Crippen LogP) is 6.38. The fraction of sp³-hybridized carbons (Fsp3) is 0.400. The van der Waals surface area contributed by atoms with Crippen LogP contribution in [0, 0.1) is 0 Å². The van der Waals surface area contributed by atoms with Gasteiger partial charge >= 0.3 is 6.18 Å². The lowest BCUT2D eigenvalue weighted by Crippen LogP contribution is -2.31. The zero-order valence-corrected chi connectivity index (χ0v) is 22.4. The lowest BCUT2D eigenvalue weighted by atomic mass is 9.88. The number of carbonyl (C=O) groups excluding carboxylic acids is 1. The van der Waals surface area contributed by atoms with Crippen molar-refractivity contribution in [3.8, 4) is 22.8 Å². The molecule has 4 rings (SSSR count). The van der Waals surface area contributed by atoms with Crippen LogP contribution in [0.3, 0.4) is 0 Å². The molecule has 1 aromatic heterocycles. The van der Waals surface area contributed by atoms with Crippen molar-refractivity contribution < 1.29 is 32.5 Å². The lowest BCUT2D eigenvalue weighted by molar-refractivity contribution is -0.137. The first-order valence-electron chi connectivity index (χ1n) is 12.8. The molecule has 0 saturated heterocycles. The Kier molecular flexibility index (Phi) is 7.78. The Morgan fingerprint density at radius 3 is 2.23 bits per heavy atom. The number of rotatable bonds is 10. The van der Waals surface area contributed by atoms with Crippen molar-refractivity contribution in [2.45, 2.75) is 69.9 Å². The number of aliphatic hydroxyl groups is 1. The van der Waals surface area contributed by atoms with Gasteiger partial charge in [0.1, 0.15) is 5.60 Å². The molecule has 1 saturated carbocycles. The Labute approximate surface area is 226 Å². The number of aromatic nitrogens is 1. The molecule has 1 fully saturated rings. The van der Waals surface area contributed by atoms with Crippen LogP contribution >= 0.6 is 0 Å². The van der Waals surface area contributed by atoms with Crippen molar-refractivity contribution in [2.24, 2.45) is 5.73 Å². The smallest absolute Gasteiger partial charge is 0.416 e. The summed E-state index contributed by atoms with van der Waals surface area (Å²) in [5.74, 6) is 0.870. The summed E-state index contributed by atoms with van der Waals surface area (Å²) in [5.41, 5.74) is 5.40. The van der Waals surface area contributed by atoms with Crippen LogP contribution in [-0.4, -0.2) is 29.1 Å². The molecule has 2 aromatic carbocycles. The maximum Gasteiger partial charge on any atom is 0.416 e. The molecule has 1 atom stereocenters. The van der Waals surface area contributed by atoms with Gasteiger partial charge in [-0.1, -0.05) is 12.1 Å². The monoisotopic (exact) mass is 542 g/mol. The average molecular weight is 543 g/mol. The van der Waals surface area contributed by atoms with Gasteiger partial charge in [0.2, 0.25) is 0 Å². The normalized spacial score (nSPS) is 15.5. The molecular formula is C30H33F3N2O4. The third-order valence-electron chi connectivity index (χ3n) is 6.77. The number of carbonyl (C=O) groups is 1. The molecular weight excluding hydrogens is 509 g/mol. The number of nitrogens with zero attached hydrogens (tertiary/aromatic N) is 1. The Morgan fingerprint density at radius 1 is 1.00 bits per heavy atom. The summed E-state index contributed by atoms with van der Waals surface area (Å²) in [7, 11) is 1.51. The van der Waals surface area contributed by atoms with E-state index in [0.29, 0.717) is 33.9 Å². The van der Waals surface area contributed by atoms with Gasteiger partial charge in [-0.25, -0.2) is 4.98 Å². The largest absolute Gasteiger partial charge is 0.493 e. The molecule has 0 radical (unpaired) electrons. The van der Waals surface area contributed by atoms with Crippen LogP contribution in [0.2, 0.25) is 0 Å². The summed E-state index contributed by atoms with van der Waals surface area (Å²) in [6, 6.07) is 13.0. The van der Waals surface area contributed by atoms with Crippen molar-refractivity contribution >= 4 is 5.78 Å². The molecule has 0 amide bonds. The number of ether oxygens (including phenoxy) is 2. The van der Waals surface area contributed by atoms with Gasteiger partial charge in [0, 0.05) is 23.1 Å². The van der Waals surface area contributed by atoms with Crippen LogP contribution in [-0.2, 0) is 17.3 Å². The number of halogens is 3. The highest BCUT2D eigenvalue weighted by Crippen LogP contribution is 2.36. The van der Waals surface area contributed by atoms with E-state index in [1.807, 2.05) is 0 Å². The van der Waals surface area contributed by atoms with Gasteiger partial charge in [0.05, 0.1) is 30.2 Å². The van der Waals surface area contributed by atoms with E-state index in [-0.39, 0.29) is 30.4 Å². The van der Waals surface area contributed by atoms with E-state index in [2.05, 4.69) is 4.98 Å². The first-order chi connectivity index (χ1) is 18.2. The summed E-state index contributed by atoms with van der Waals surface area (Å²) in [4.78, 5) is 17.6.